The molecule has 0 radical (unpaired) electrons. The van der Waals surface area contributed by atoms with Crippen LogP contribution in [0.3, 0.4) is 0 Å². The molecule has 19 heavy (non-hydrogen) atoms. The lowest BCUT2D eigenvalue weighted by Gasteiger charge is -2.07. The van der Waals surface area contributed by atoms with Crippen LogP contribution in [0.4, 0.5) is 5.69 Å². The highest BCUT2D eigenvalue weighted by Crippen LogP contribution is 2.18. The van der Waals surface area contributed by atoms with Crippen molar-refractivity contribution in [1.29, 1.82) is 0 Å². The van der Waals surface area contributed by atoms with E-state index in [2.05, 4.69) is 27.9 Å². The predicted molar refractivity (Wildman–Crippen MR) is 89.4 cm³/mol. The average Bonchev–Trinajstić information content (AvgIpc) is 2.41. The van der Waals surface area contributed by atoms with Crippen molar-refractivity contribution in [2.75, 3.05) is 5.32 Å². The highest BCUT2D eigenvalue weighted by molar-refractivity contribution is 14.1. The van der Waals surface area contributed by atoms with E-state index in [0.29, 0.717) is 10.6 Å². The molecule has 0 fully saturated rings. The van der Waals surface area contributed by atoms with Crippen molar-refractivity contribution in [2.45, 2.75) is 0 Å². The van der Waals surface area contributed by atoms with Gasteiger partial charge < -0.3 is 11.1 Å². The van der Waals surface area contributed by atoms with Gasteiger partial charge in [-0.3, -0.25) is 4.79 Å². The van der Waals surface area contributed by atoms with Gasteiger partial charge in [0.15, 0.2) is 0 Å². The summed E-state index contributed by atoms with van der Waals surface area (Å²) in [6, 6.07) is 14.5. The van der Waals surface area contributed by atoms with Gasteiger partial charge in [-0.1, -0.05) is 36.5 Å². The minimum atomic E-state index is -0.154. The number of nitrogens with one attached hydrogen (secondary N) is 1. The van der Waals surface area contributed by atoms with Gasteiger partial charge >= 0.3 is 0 Å². The van der Waals surface area contributed by atoms with Gasteiger partial charge in [0.25, 0.3) is 5.91 Å². The Morgan fingerprint density at radius 2 is 1.63 bits per heavy atom. The fraction of sp³-hybridized carbons (Fsp3) is 0. The Morgan fingerprint density at radius 3 is 2.21 bits per heavy atom. The van der Waals surface area contributed by atoms with Crippen molar-refractivity contribution >= 4 is 51.4 Å². The number of carbonyl (C=O) groups excluding carboxylic acids is 1. The SMILES string of the molecule is NC(=S)c1ccc(C(=O)Nc2ccccc2I)cc1. The molecule has 0 aliphatic heterocycles. The Kier molecular flexibility index (Phi) is 4.49. The van der Waals surface area contributed by atoms with E-state index >= 15 is 0 Å². The second-order valence-corrected chi connectivity index (χ2v) is 5.48. The molecule has 3 N–H and O–H groups in total. The molecule has 0 saturated heterocycles. The summed E-state index contributed by atoms with van der Waals surface area (Å²) >= 11 is 7.05. The van der Waals surface area contributed by atoms with E-state index in [1.165, 1.54) is 0 Å². The van der Waals surface area contributed by atoms with E-state index in [1.54, 1.807) is 24.3 Å². The number of amides is 1. The van der Waals surface area contributed by atoms with Crippen LogP contribution in [0.5, 0.6) is 0 Å². The van der Waals surface area contributed by atoms with Crippen LogP contribution in [0.15, 0.2) is 48.5 Å². The Morgan fingerprint density at radius 1 is 1.05 bits per heavy atom. The van der Waals surface area contributed by atoms with Gasteiger partial charge in [0, 0.05) is 14.7 Å². The number of hydrogen-bond acceptors (Lipinski definition) is 2. The Bertz CT molecular complexity index is 626. The molecule has 2 aromatic rings. The second-order valence-electron chi connectivity index (χ2n) is 3.88. The van der Waals surface area contributed by atoms with E-state index in [-0.39, 0.29) is 5.91 Å². The van der Waals surface area contributed by atoms with Crippen molar-refractivity contribution in [3.05, 3.63) is 63.2 Å². The van der Waals surface area contributed by atoms with Crippen molar-refractivity contribution in [2.24, 2.45) is 5.73 Å². The summed E-state index contributed by atoms with van der Waals surface area (Å²) in [5.41, 5.74) is 7.63. The topological polar surface area (TPSA) is 55.1 Å². The number of rotatable bonds is 3. The minimum Gasteiger partial charge on any atom is -0.389 e. The highest BCUT2D eigenvalue weighted by Gasteiger charge is 2.08. The first-order valence-electron chi connectivity index (χ1n) is 5.53. The Balaban J connectivity index is 2.16. The molecule has 0 saturated carbocycles. The minimum absolute atomic E-state index is 0.154. The normalized spacial score (nSPS) is 9.95. The molecule has 0 aliphatic rings. The summed E-state index contributed by atoms with van der Waals surface area (Å²) in [6.07, 6.45) is 0. The monoisotopic (exact) mass is 382 g/mol. The third-order valence-electron chi connectivity index (χ3n) is 2.55. The van der Waals surface area contributed by atoms with E-state index in [4.69, 9.17) is 18.0 Å². The molecule has 0 aromatic heterocycles. The molecule has 0 bridgehead atoms. The van der Waals surface area contributed by atoms with E-state index < -0.39 is 0 Å². The zero-order chi connectivity index (χ0) is 13.8. The maximum Gasteiger partial charge on any atom is 0.255 e. The van der Waals surface area contributed by atoms with Crippen LogP contribution >= 0.6 is 34.8 Å². The van der Waals surface area contributed by atoms with Gasteiger partial charge in [-0.05, 0) is 46.9 Å². The smallest absolute Gasteiger partial charge is 0.255 e. The van der Waals surface area contributed by atoms with Crippen molar-refractivity contribution in [3.63, 3.8) is 0 Å². The fourth-order valence-corrected chi connectivity index (χ4v) is 2.20. The third-order valence-corrected chi connectivity index (χ3v) is 3.73. The van der Waals surface area contributed by atoms with Gasteiger partial charge in [-0.2, -0.15) is 0 Å². The molecule has 5 heteroatoms. The summed E-state index contributed by atoms with van der Waals surface area (Å²) in [5.74, 6) is -0.154. The lowest BCUT2D eigenvalue weighted by atomic mass is 10.1. The standard InChI is InChI=1S/C14H11IN2OS/c15-11-3-1-2-4-12(11)17-14(18)10-7-5-9(6-8-10)13(16)19/h1-8H,(H2,16,19)(H,17,18). The molecule has 0 aliphatic carbocycles. The first kappa shape index (κ1) is 14.0. The van der Waals surface area contributed by atoms with Crippen molar-refractivity contribution < 1.29 is 4.79 Å². The Hall–Kier alpha value is -1.47. The number of anilines is 1. The molecular formula is C14H11IN2OS. The van der Waals surface area contributed by atoms with Crippen molar-refractivity contribution in [3.8, 4) is 0 Å². The molecule has 2 aromatic carbocycles. The van der Waals surface area contributed by atoms with Crippen LogP contribution in [0.25, 0.3) is 0 Å². The van der Waals surface area contributed by atoms with Gasteiger partial charge in [0.2, 0.25) is 0 Å². The first-order chi connectivity index (χ1) is 9.08. The summed E-state index contributed by atoms with van der Waals surface area (Å²) in [5, 5.41) is 2.86. The number of halogens is 1. The summed E-state index contributed by atoms with van der Waals surface area (Å²) in [7, 11) is 0. The molecule has 0 unspecified atom stereocenters. The number of benzene rings is 2. The molecule has 1 amide bonds. The summed E-state index contributed by atoms with van der Waals surface area (Å²) < 4.78 is 0.994. The lowest BCUT2D eigenvalue weighted by molar-refractivity contribution is 0.102. The van der Waals surface area contributed by atoms with Crippen LogP contribution in [0.1, 0.15) is 15.9 Å². The van der Waals surface area contributed by atoms with Gasteiger partial charge in [0.1, 0.15) is 4.99 Å². The highest BCUT2D eigenvalue weighted by atomic mass is 127. The lowest BCUT2D eigenvalue weighted by Crippen LogP contribution is -2.14. The first-order valence-corrected chi connectivity index (χ1v) is 7.02. The van der Waals surface area contributed by atoms with Crippen LogP contribution in [0, 0.1) is 3.57 Å². The second kappa shape index (κ2) is 6.12. The number of hydrogen-bond donors (Lipinski definition) is 2. The van der Waals surface area contributed by atoms with Crippen molar-refractivity contribution in [1.82, 2.24) is 0 Å². The van der Waals surface area contributed by atoms with E-state index in [9.17, 15) is 4.79 Å². The van der Waals surface area contributed by atoms with Gasteiger partial charge in [-0.15, -0.1) is 0 Å². The van der Waals surface area contributed by atoms with E-state index in [1.807, 2.05) is 24.3 Å². The Labute approximate surface area is 130 Å². The molecule has 0 spiro atoms. The van der Waals surface area contributed by atoms with Crippen LogP contribution in [-0.2, 0) is 0 Å². The number of carbonyl (C=O) groups is 1. The molecule has 96 valence electrons. The molecule has 0 heterocycles. The number of para-hydroxylation sites is 1. The van der Waals surface area contributed by atoms with Gasteiger partial charge in [0.05, 0.1) is 5.69 Å². The number of thiocarbonyl (C=S) groups is 1. The largest absolute Gasteiger partial charge is 0.389 e. The maximum atomic E-state index is 12.1. The van der Waals surface area contributed by atoms with Crippen LogP contribution in [0.2, 0.25) is 0 Å². The predicted octanol–water partition coefficient (Wildman–Crippen LogP) is 3.18. The third kappa shape index (κ3) is 3.51. The number of nitrogens with two attached hydrogens (primary N) is 1. The maximum absolute atomic E-state index is 12.1. The summed E-state index contributed by atoms with van der Waals surface area (Å²) in [6.45, 7) is 0. The molecule has 0 atom stereocenters. The zero-order valence-corrected chi connectivity index (χ0v) is 12.9. The van der Waals surface area contributed by atoms with Crippen LogP contribution < -0.4 is 11.1 Å². The molecule has 2 rings (SSSR count). The molecular weight excluding hydrogens is 371 g/mol. The zero-order valence-electron chi connectivity index (χ0n) is 9.89. The average molecular weight is 382 g/mol. The molecule has 3 nitrogen and oxygen atoms in total. The fourth-order valence-electron chi connectivity index (χ4n) is 1.54. The summed E-state index contributed by atoms with van der Waals surface area (Å²) in [4.78, 5) is 12.4. The quantitative estimate of drug-likeness (QED) is 0.634. The van der Waals surface area contributed by atoms with Crippen LogP contribution in [-0.4, -0.2) is 10.9 Å². The van der Waals surface area contributed by atoms with E-state index in [0.717, 1.165) is 14.8 Å². The van der Waals surface area contributed by atoms with Gasteiger partial charge in [-0.25, -0.2) is 0 Å².